The molecule has 3 aromatic rings. The van der Waals surface area contributed by atoms with Gasteiger partial charge in [0.25, 0.3) is 5.71 Å². The molecule has 22 heavy (non-hydrogen) atoms. The van der Waals surface area contributed by atoms with E-state index in [-0.39, 0.29) is 0 Å². The molecule has 0 spiro atoms. The van der Waals surface area contributed by atoms with Gasteiger partial charge in [0.05, 0.1) is 5.69 Å². The maximum absolute atomic E-state index is 5.21. The van der Waals surface area contributed by atoms with Crippen LogP contribution in [0.25, 0.3) is 11.1 Å². The summed E-state index contributed by atoms with van der Waals surface area (Å²) in [6.45, 7) is 7.62. The van der Waals surface area contributed by atoms with Crippen molar-refractivity contribution in [3.05, 3.63) is 29.7 Å². The summed E-state index contributed by atoms with van der Waals surface area (Å²) in [5.74, 6) is 2.59. The van der Waals surface area contributed by atoms with Gasteiger partial charge in [-0.15, -0.1) is 0 Å². The summed E-state index contributed by atoms with van der Waals surface area (Å²) >= 11 is 0. The van der Waals surface area contributed by atoms with E-state index in [1.807, 2.05) is 26.2 Å². The maximum atomic E-state index is 5.21. The van der Waals surface area contributed by atoms with Crippen LogP contribution in [0.1, 0.15) is 30.7 Å². The van der Waals surface area contributed by atoms with Gasteiger partial charge in [-0.2, -0.15) is 4.98 Å². The SMILES string of the molecule is CCc1nccn1CCCNc1nc(C)nc2onc(C)c12. The fraction of sp³-hybridized carbons (Fsp3) is 0.467. The van der Waals surface area contributed by atoms with Gasteiger partial charge in [-0.3, -0.25) is 0 Å². The zero-order chi connectivity index (χ0) is 15.5. The van der Waals surface area contributed by atoms with Crippen LogP contribution in [0.4, 0.5) is 5.82 Å². The van der Waals surface area contributed by atoms with E-state index in [0.29, 0.717) is 11.5 Å². The molecular weight excluding hydrogens is 280 g/mol. The van der Waals surface area contributed by atoms with Gasteiger partial charge in [-0.05, 0) is 20.3 Å². The minimum Gasteiger partial charge on any atom is -0.369 e. The lowest BCUT2D eigenvalue weighted by molar-refractivity contribution is 0.442. The van der Waals surface area contributed by atoms with Crippen LogP contribution >= 0.6 is 0 Å². The highest BCUT2D eigenvalue weighted by Crippen LogP contribution is 2.23. The van der Waals surface area contributed by atoms with Crippen LogP contribution in [-0.2, 0) is 13.0 Å². The van der Waals surface area contributed by atoms with Crippen LogP contribution < -0.4 is 5.32 Å². The van der Waals surface area contributed by atoms with Crippen molar-refractivity contribution < 1.29 is 4.52 Å². The van der Waals surface area contributed by atoms with Crippen molar-refractivity contribution in [2.75, 3.05) is 11.9 Å². The summed E-state index contributed by atoms with van der Waals surface area (Å²) in [6.07, 6.45) is 5.81. The summed E-state index contributed by atoms with van der Waals surface area (Å²) < 4.78 is 7.40. The Hall–Kier alpha value is -2.44. The first kappa shape index (κ1) is 14.5. The molecule has 0 radical (unpaired) electrons. The molecule has 116 valence electrons. The van der Waals surface area contributed by atoms with Crippen LogP contribution in [0, 0.1) is 13.8 Å². The van der Waals surface area contributed by atoms with E-state index < -0.39 is 0 Å². The maximum Gasteiger partial charge on any atom is 0.263 e. The minimum absolute atomic E-state index is 0.537. The molecule has 3 rings (SSSR count). The number of rotatable bonds is 6. The molecule has 0 aliphatic heterocycles. The predicted octanol–water partition coefficient (Wildman–Crippen LogP) is 2.50. The first-order valence-corrected chi connectivity index (χ1v) is 7.53. The lowest BCUT2D eigenvalue weighted by atomic mass is 10.3. The van der Waals surface area contributed by atoms with Crippen LogP contribution in [-0.4, -0.2) is 31.2 Å². The number of aryl methyl sites for hydroxylation is 4. The standard InChI is InChI=1S/C15H20N6O/c1-4-12-16-7-9-21(12)8-5-6-17-14-13-10(2)20-22-15(13)19-11(3)18-14/h7,9H,4-6,8H2,1-3H3,(H,17,18,19). The molecule has 0 bridgehead atoms. The molecule has 1 N–H and O–H groups in total. The van der Waals surface area contributed by atoms with Crippen LogP contribution in [0.5, 0.6) is 0 Å². The van der Waals surface area contributed by atoms with E-state index in [1.165, 1.54) is 0 Å². The second-order valence-electron chi connectivity index (χ2n) is 5.24. The average molecular weight is 300 g/mol. The van der Waals surface area contributed by atoms with Crippen molar-refractivity contribution in [1.29, 1.82) is 0 Å². The number of anilines is 1. The molecule has 0 aliphatic rings. The van der Waals surface area contributed by atoms with E-state index in [2.05, 4.69) is 36.9 Å². The van der Waals surface area contributed by atoms with Crippen LogP contribution in [0.15, 0.2) is 16.9 Å². The Kier molecular flexibility index (Phi) is 4.04. The van der Waals surface area contributed by atoms with Crippen molar-refractivity contribution in [3.8, 4) is 0 Å². The van der Waals surface area contributed by atoms with Crippen molar-refractivity contribution in [3.63, 3.8) is 0 Å². The average Bonchev–Trinajstić information content (AvgIpc) is 3.10. The number of fused-ring (bicyclic) bond motifs is 1. The molecule has 0 saturated carbocycles. The molecular formula is C15H20N6O. The Balaban J connectivity index is 1.66. The molecule has 7 heteroatoms. The number of aromatic nitrogens is 5. The highest BCUT2D eigenvalue weighted by Gasteiger charge is 2.13. The lowest BCUT2D eigenvalue weighted by Gasteiger charge is -2.09. The second-order valence-corrected chi connectivity index (χ2v) is 5.24. The predicted molar refractivity (Wildman–Crippen MR) is 83.8 cm³/mol. The van der Waals surface area contributed by atoms with Gasteiger partial charge in [-0.25, -0.2) is 9.97 Å². The molecule has 3 heterocycles. The molecule has 0 atom stereocenters. The molecule has 7 nitrogen and oxygen atoms in total. The summed E-state index contributed by atoms with van der Waals surface area (Å²) in [7, 11) is 0. The van der Waals surface area contributed by atoms with E-state index in [0.717, 1.165) is 48.7 Å². The highest BCUT2D eigenvalue weighted by atomic mass is 16.5. The lowest BCUT2D eigenvalue weighted by Crippen LogP contribution is -2.10. The number of hydrogen-bond donors (Lipinski definition) is 1. The second kappa shape index (κ2) is 6.13. The smallest absolute Gasteiger partial charge is 0.263 e. The summed E-state index contributed by atoms with van der Waals surface area (Å²) in [5, 5.41) is 8.19. The Labute approximate surface area is 128 Å². The quantitative estimate of drug-likeness (QED) is 0.704. The topological polar surface area (TPSA) is 81.7 Å². The monoisotopic (exact) mass is 300 g/mol. The number of hydrogen-bond acceptors (Lipinski definition) is 6. The molecule has 0 aromatic carbocycles. The third-order valence-electron chi connectivity index (χ3n) is 3.60. The zero-order valence-corrected chi connectivity index (χ0v) is 13.1. The van der Waals surface area contributed by atoms with Gasteiger partial charge >= 0.3 is 0 Å². The van der Waals surface area contributed by atoms with Gasteiger partial charge in [0, 0.05) is 31.9 Å². The third-order valence-corrected chi connectivity index (χ3v) is 3.60. The zero-order valence-electron chi connectivity index (χ0n) is 13.1. The molecule has 0 unspecified atom stereocenters. The first-order valence-electron chi connectivity index (χ1n) is 7.53. The Morgan fingerprint density at radius 1 is 1.27 bits per heavy atom. The van der Waals surface area contributed by atoms with Crippen molar-refractivity contribution >= 4 is 16.9 Å². The summed E-state index contributed by atoms with van der Waals surface area (Å²) in [4.78, 5) is 13.0. The van der Waals surface area contributed by atoms with Gasteiger partial charge in [0.1, 0.15) is 22.9 Å². The van der Waals surface area contributed by atoms with E-state index >= 15 is 0 Å². The Bertz CT molecular complexity index is 776. The molecule has 0 fully saturated rings. The highest BCUT2D eigenvalue weighted by molar-refractivity contribution is 5.87. The Morgan fingerprint density at radius 2 is 2.14 bits per heavy atom. The van der Waals surface area contributed by atoms with E-state index in [9.17, 15) is 0 Å². The van der Waals surface area contributed by atoms with E-state index in [1.54, 1.807) is 0 Å². The molecule has 0 saturated heterocycles. The molecule has 3 aromatic heterocycles. The third kappa shape index (κ3) is 2.79. The van der Waals surface area contributed by atoms with Crippen LogP contribution in [0.3, 0.4) is 0 Å². The number of imidazole rings is 1. The first-order chi connectivity index (χ1) is 10.7. The Morgan fingerprint density at radius 3 is 2.95 bits per heavy atom. The minimum atomic E-state index is 0.537. The van der Waals surface area contributed by atoms with Gasteiger partial charge in [0.15, 0.2) is 0 Å². The summed E-state index contributed by atoms with van der Waals surface area (Å²) in [5.41, 5.74) is 1.34. The largest absolute Gasteiger partial charge is 0.369 e. The van der Waals surface area contributed by atoms with Crippen molar-refractivity contribution in [2.24, 2.45) is 0 Å². The molecule has 0 aliphatic carbocycles. The van der Waals surface area contributed by atoms with Crippen molar-refractivity contribution in [2.45, 2.75) is 40.2 Å². The van der Waals surface area contributed by atoms with Gasteiger partial charge < -0.3 is 14.4 Å². The van der Waals surface area contributed by atoms with E-state index in [4.69, 9.17) is 4.52 Å². The summed E-state index contributed by atoms with van der Waals surface area (Å²) in [6, 6.07) is 0. The number of nitrogens with one attached hydrogen (secondary N) is 1. The molecule has 0 amide bonds. The van der Waals surface area contributed by atoms with Crippen molar-refractivity contribution in [1.82, 2.24) is 24.7 Å². The van der Waals surface area contributed by atoms with Gasteiger partial charge in [-0.1, -0.05) is 12.1 Å². The normalized spacial score (nSPS) is 11.2. The van der Waals surface area contributed by atoms with Gasteiger partial charge in [0.2, 0.25) is 0 Å². The fourth-order valence-electron chi connectivity index (χ4n) is 2.54. The van der Waals surface area contributed by atoms with Crippen LogP contribution in [0.2, 0.25) is 0 Å². The fourth-order valence-corrected chi connectivity index (χ4v) is 2.54. The number of nitrogens with zero attached hydrogens (tertiary/aromatic N) is 5.